The van der Waals surface area contributed by atoms with E-state index in [9.17, 15) is 9.59 Å². The van der Waals surface area contributed by atoms with Crippen molar-refractivity contribution in [3.63, 3.8) is 0 Å². The van der Waals surface area contributed by atoms with E-state index in [2.05, 4.69) is 0 Å². The van der Waals surface area contributed by atoms with Crippen LogP contribution in [0, 0.1) is 0 Å². The summed E-state index contributed by atoms with van der Waals surface area (Å²) in [6.45, 7) is 0.371. The summed E-state index contributed by atoms with van der Waals surface area (Å²) in [5.74, 6) is -0.755. The Morgan fingerprint density at radius 2 is 2.11 bits per heavy atom. The number of rotatable bonds is 4. The first-order valence-electron chi connectivity index (χ1n) is 5.67. The van der Waals surface area contributed by atoms with Gasteiger partial charge in [-0.3, -0.25) is 4.79 Å². The fraction of sp³-hybridized carbons (Fsp3) is 0.143. The van der Waals surface area contributed by atoms with Crippen LogP contribution in [0.5, 0.6) is 5.75 Å². The first kappa shape index (κ1) is 12.9. The summed E-state index contributed by atoms with van der Waals surface area (Å²) in [6.07, 6.45) is 1.68. The minimum atomic E-state index is -1.04. The third kappa shape index (κ3) is 2.82. The summed E-state index contributed by atoms with van der Waals surface area (Å²) < 4.78 is 6.58. The molecule has 1 aromatic heterocycles. The average Bonchev–Trinajstić information content (AvgIpc) is 2.41. The average molecular weight is 259 g/mol. The largest absolute Gasteiger partial charge is 0.496 e. The topological polar surface area (TPSA) is 68.5 Å². The number of nitrogens with zero attached hydrogens (tertiary/aromatic N) is 1. The molecule has 0 unspecified atom stereocenters. The van der Waals surface area contributed by atoms with Crippen molar-refractivity contribution in [2.75, 3.05) is 7.11 Å². The Bertz CT molecular complexity index is 660. The molecule has 0 atom stereocenters. The highest BCUT2D eigenvalue weighted by Crippen LogP contribution is 2.20. The first-order chi connectivity index (χ1) is 9.11. The minimum Gasteiger partial charge on any atom is -0.496 e. The van der Waals surface area contributed by atoms with Crippen LogP contribution in [0.15, 0.2) is 47.4 Å². The number of benzene rings is 1. The molecule has 0 amide bonds. The maximum Gasteiger partial charge on any atom is 0.339 e. The van der Waals surface area contributed by atoms with Crippen molar-refractivity contribution in [3.8, 4) is 5.75 Å². The Kier molecular flexibility index (Phi) is 3.66. The normalized spacial score (nSPS) is 10.2. The Morgan fingerprint density at radius 3 is 2.74 bits per heavy atom. The van der Waals surface area contributed by atoms with Crippen LogP contribution in [0.1, 0.15) is 15.9 Å². The number of carboxylic acids is 1. The van der Waals surface area contributed by atoms with E-state index >= 15 is 0 Å². The number of carboxylic acid groups (broad SMARTS) is 1. The zero-order chi connectivity index (χ0) is 13.8. The van der Waals surface area contributed by atoms with Gasteiger partial charge in [0.1, 0.15) is 11.3 Å². The van der Waals surface area contributed by atoms with Crippen molar-refractivity contribution < 1.29 is 14.6 Å². The lowest BCUT2D eigenvalue weighted by Crippen LogP contribution is -2.18. The lowest BCUT2D eigenvalue weighted by molar-refractivity contribution is 0.0693. The molecular formula is C14H13NO4. The number of carbonyl (C=O) groups is 1. The molecule has 0 aliphatic rings. The lowest BCUT2D eigenvalue weighted by atomic mass is 10.1. The molecule has 0 spiro atoms. The second kappa shape index (κ2) is 5.39. The summed E-state index contributed by atoms with van der Waals surface area (Å²) in [6, 6.07) is 9.69. The quantitative estimate of drug-likeness (QED) is 0.905. The van der Waals surface area contributed by atoms with Gasteiger partial charge in [-0.25, -0.2) is 4.79 Å². The number of ether oxygens (including phenoxy) is 1. The summed E-state index contributed by atoms with van der Waals surface area (Å²) in [7, 11) is 1.42. The lowest BCUT2D eigenvalue weighted by Gasteiger charge is -2.09. The molecule has 1 N–H and O–H groups in total. The smallest absolute Gasteiger partial charge is 0.339 e. The van der Waals surface area contributed by atoms with Gasteiger partial charge in [0.25, 0.3) is 5.56 Å². The van der Waals surface area contributed by atoms with E-state index in [-0.39, 0.29) is 16.9 Å². The molecule has 5 heteroatoms. The number of aromatic nitrogens is 1. The van der Waals surface area contributed by atoms with Gasteiger partial charge in [-0.2, -0.15) is 0 Å². The highest BCUT2D eigenvalue weighted by Gasteiger charge is 2.11. The van der Waals surface area contributed by atoms with Crippen LogP contribution < -0.4 is 10.3 Å². The van der Waals surface area contributed by atoms with Gasteiger partial charge in [-0.1, -0.05) is 12.1 Å². The summed E-state index contributed by atoms with van der Waals surface area (Å²) in [5, 5.41) is 8.99. The van der Waals surface area contributed by atoms with Gasteiger partial charge in [0, 0.05) is 12.3 Å². The highest BCUT2D eigenvalue weighted by molar-refractivity contribution is 5.90. The molecule has 0 radical (unpaired) electrons. The second-order valence-corrected chi connectivity index (χ2v) is 4.01. The van der Waals surface area contributed by atoms with Crippen LogP contribution in [-0.2, 0) is 6.54 Å². The van der Waals surface area contributed by atoms with Crippen LogP contribution in [0.3, 0.4) is 0 Å². The van der Waals surface area contributed by atoms with Crippen LogP contribution in [0.25, 0.3) is 0 Å². The number of pyridine rings is 1. The molecule has 0 fully saturated rings. The fourth-order valence-electron chi connectivity index (χ4n) is 1.80. The molecule has 0 aliphatic heterocycles. The van der Waals surface area contributed by atoms with Gasteiger partial charge >= 0.3 is 5.97 Å². The van der Waals surface area contributed by atoms with Gasteiger partial charge in [0.15, 0.2) is 0 Å². The SMILES string of the molecule is COc1cc(Cn2ccccc2=O)ccc1C(=O)O. The number of hydrogen-bond donors (Lipinski definition) is 1. The molecule has 5 nitrogen and oxygen atoms in total. The predicted molar refractivity (Wildman–Crippen MR) is 69.8 cm³/mol. The van der Waals surface area contributed by atoms with Crippen molar-refractivity contribution in [3.05, 3.63) is 64.1 Å². The molecule has 1 heterocycles. The van der Waals surface area contributed by atoms with Crippen LogP contribution in [-0.4, -0.2) is 22.8 Å². The van der Waals surface area contributed by atoms with E-state index in [1.807, 2.05) is 0 Å². The van der Waals surface area contributed by atoms with Gasteiger partial charge in [0.05, 0.1) is 13.7 Å². The summed E-state index contributed by atoms with van der Waals surface area (Å²) >= 11 is 0. The van der Waals surface area contributed by atoms with Gasteiger partial charge in [-0.05, 0) is 23.8 Å². The van der Waals surface area contributed by atoms with E-state index in [0.29, 0.717) is 6.54 Å². The second-order valence-electron chi connectivity index (χ2n) is 4.01. The molecular weight excluding hydrogens is 246 g/mol. The zero-order valence-corrected chi connectivity index (χ0v) is 10.4. The van der Waals surface area contributed by atoms with Crippen molar-refractivity contribution in [2.24, 2.45) is 0 Å². The molecule has 0 bridgehead atoms. The third-order valence-corrected chi connectivity index (χ3v) is 2.75. The number of methoxy groups -OCH3 is 1. The first-order valence-corrected chi connectivity index (χ1v) is 5.67. The van der Waals surface area contributed by atoms with Gasteiger partial charge in [-0.15, -0.1) is 0 Å². The van der Waals surface area contributed by atoms with E-state index in [1.54, 1.807) is 30.5 Å². The number of aromatic carboxylic acids is 1. The Balaban J connectivity index is 2.35. The predicted octanol–water partition coefficient (Wildman–Crippen LogP) is 1.60. The third-order valence-electron chi connectivity index (χ3n) is 2.75. The van der Waals surface area contributed by atoms with E-state index in [4.69, 9.17) is 9.84 Å². The summed E-state index contributed by atoms with van der Waals surface area (Å²) in [5.41, 5.74) is 0.797. The monoisotopic (exact) mass is 259 g/mol. The van der Waals surface area contributed by atoms with Crippen LogP contribution >= 0.6 is 0 Å². The molecule has 2 rings (SSSR count). The van der Waals surface area contributed by atoms with E-state index in [1.165, 1.54) is 23.8 Å². The Morgan fingerprint density at radius 1 is 1.32 bits per heavy atom. The highest BCUT2D eigenvalue weighted by atomic mass is 16.5. The molecule has 0 saturated carbocycles. The zero-order valence-electron chi connectivity index (χ0n) is 10.4. The minimum absolute atomic E-state index is 0.103. The van der Waals surface area contributed by atoms with Crippen LogP contribution in [0.4, 0.5) is 0 Å². The van der Waals surface area contributed by atoms with E-state index < -0.39 is 5.97 Å². The summed E-state index contributed by atoms with van der Waals surface area (Å²) in [4.78, 5) is 22.6. The van der Waals surface area contributed by atoms with Gasteiger partial charge < -0.3 is 14.4 Å². The van der Waals surface area contributed by atoms with Crippen molar-refractivity contribution in [1.29, 1.82) is 0 Å². The fourth-order valence-corrected chi connectivity index (χ4v) is 1.80. The van der Waals surface area contributed by atoms with E-state index in [0.717, 1.165) is 5.56 Å². The standard InChI is InChI=1S/C14H13NO4/c1-19-12-8-10(5-6-11(12)14(17)18)9-15-7-3-2-4-13(15)16/h2-8H,9H2,1H3,(H,17,18). The molecule has 2 aromatic rings. The van der Waals surface area contributed by atoms with Crippen molar-refractivity contribution in [2.45, 2.75) is 6.54 Å². The molecule has 1 aromatic carbocycles. The molecule has 0 aliphatic carbocycles. The van der Waals surface area contributed by atoms with Crippen molar-refractivity contribution >= 4 is 5.97 Å². The van der Waals surface area contributed by atoms with Crippen molar-refractivity contribution in [1.82, 2.24) is 4.57 Å². The maximum absolute atomic E-state index is 11.6. The molecule has 98 valence electrons. The maximum atomic E-state index is 11.6. The van der Waals surface area contributed by atoms with Gasteiger partial charge in [0.2, 0.25) is 0 Å². The Hall–Kier alpha value is -2.56. The molecule has 19 heavy (non-hydrogen) atoms. The molecule has 0 saturated heterocycles. The Labute approximate surface area is 109 Å². The van der Waals surface area contributed by atoms with Crippen LogP contribution in [0.2, 0.25) is 0 Å². The number of hydrogen-bond acceptors (Lipinski definition) is 3.